The van der Waals surface area contributed by atoms with Crippen LogP contribution in [-0.2, 0) is 4.74 Å². The Labute approximate surface area is 92.6 Å². The Bertz CT molecular complexity index is 150. The zero-order valence-corrected chi connectivity index (χ0v) is 9.74. The van der Waals surface area contributed by atoms with Gasteiger partial charge >= 0.3 is 0 Å². The second-order valence-corrected chi connectivity index (χ2v) is 4.25. The third-order valence-corrected chi connectivity index (χ3v) is 2.80. The van der Waals surface area contributed by atoms with Gasteiger partial charge in [-0.25, -0.2) is 0 Å². The van der Waals surface area contributed by atoms with E-state index in [9.17, 15) is 0 Å². The lowest BCUT2D eigenvalue weighted by Crippen LogP contribution is -2.43. The van der Waals surface area contributed by atoms with Gasteiger partial charge < -0.3 is 20.1 Å². The summed E-state index contributed by atoms with van der Waals surface area (Å²) >= 11 is 0. The van der Waals surface area contributed by atoms with Crippen molar-refractivity contribution in [3.05, 3.63) is 0 Å². The van der Waals surface area contributed by atoms with Gasteiger partial charge in [-0.05, 0) is 26.4 Å². The first-order valence-electron chi connectivity index (χ1n) is 5.93. The predicted molar refractivity (Wildman–Crippen MR) is 61.0 cm³/mol. The summed E-state index contributed by atoms with van der Waals surface area (Å²) < 4.78 is 5.23. The molecule has 1 unspecified atom stereocenters. The molecule has 1 aliphatic rings. The highest BCUT2D eigenvalue weighted by molar-refractivity contribution is 4.74. The summed E-state index contributed by atoms with van der Waals surface area (Å²) in [7, 11) is 2.12. The average Bonchev–Trinajstić information content (AvgIpc) is 2.26. The lowest BCUT2D eigenvalue weighted by atomic mass is 10.0. The van der Waals surface area contributed by atoms with Crippen molar-refractivity contribution in [2.45, 2.75) is 25.3 Å². The fourth-order valence-electron chi connectivity index (χ4n) is 1.93. The number of nitrogens with zero attached hydrogens (tertiary/aromatic N) is 1. The highest BCUT2D eigenvalue weighted by Gasteiger charge is 2.13. The summed E-state index contributed by atoms with van der Waals surface area (Å²) in [5.74, 6) is 0. The highest BCUT2D eigenvalue weighted by atomic mass is 16.5. The van der Waals surface area contributed by atoms with Gasteiger partial charge in [0.2, 0.25) is 0 Å². The van der Waals surface area contributed by atoms with Crippen LogP contribution in [0.5, 0.6) is 0 Å². The average molecular weight is 216 g/mol. The van der Waals surface area contributed by atoms with E-state index >= 15 is 0 Å². The molecule has 0 radical (unpaired) electrons. The molecule has 90 valence electrons. The molecule has 0 aromatic rings. The lowest BCUT2D eigenvalue weighted by molar-refractivity contribution is 0.0761. The first kappa shape index (κ1) is 12.9. The SMILES string of the molecule is CN(CCOCCO)CC1CCCCN1. The van der Waals surface area contributed by atoms with Gasteiger partial charge in [0.05, 0.1) is 19.8 Å². The van der Waals surface area contributed by atoms with Crippen LogP contribution in [-0.4, -0.2) is 62.6 Å². The minimum Gasteiger partial charge on any atom is -0.394 e. The quantitative estimate of drug-likeness (QED) is 0.591. The number of aliphatic hydroxyl groups is 1. The van der Waals surface area contributed by atoms with E-state index < -0.39 is 0 Å². The standard InChI is InChI=1S/C11H24N2O2/c1-13(6-8-15-9-7-14)10-11-4-2-3-5-12-11/h11-12,14H,2-10H2,1H3. The van der Waals surface area contributed by atoms with E-state index in [4.69, 9.17) is 9.84 Å². The Morgan fingerprint density at radius 3 is 2.93 bits per heavy atom. The van der Waals surface area contributed by atoms with Crippen molar-refractivity contribution in [2.75, 3.05) is 46.5 Å². The maximum Gasteiger partial charge on any atom is 0.0698 e. The van der Waals surface area contributed by atoms with E-state index in [1.807, 2.05) is 0 Å². The molecule has 2 N–H and O–H groups in total. The molecule has 0 aliphatic carbocycles. The highest BCUT2D eigenvalue weighted by Crippen LogP contribution is 2.07. The summed E-state index contributed by atoms with van der Waals surface area (Å²) in [6.07, 6.45) is 3.97. The van der Waals surface area contributed by atoms with Crippen LogP contribution >= 0.6 is 0 Å². The fraction of sp³-hybridized carbons (Fsp3) is 1.00. The number of ether oxygens (including phenoxy) is 1. The molecule has 0 spiro atoms. The van der Waals surface area contributed by atoms with Crippen molar-refractivity contribution in [2.24, 2.45) is 0 Å². The molecule has 0 bridgehead atoms. The minimum atomic E-state index is 0.119. The number of aliphatic hydroxyl groups excluding tert-OH is 1. The largest absolute Gasteiger partial charge is 0.394 e. The molecule has 0 saturated carbocycles. The molecule has 1 atom stereocenters. The van der Waals surface area contributed by atoms with E-state index in [0.29, 0.717) is 19.3 Å². The molecule has 0 aromatic heterocycles. The first-order chi connectivity index (χ1) is 7.33. The Hall–Kier alpha value is -0.160. The number of likely N-dealkylation sites (N-methyl/N-ethyl adjacent to an activating group) is 1. The van der Waals surface area contributed by atoms with Crippen molar-refractivity contribution in [3.8, 4) is 0 Å². The number of rotatable bonds is 7. The third-order valence-electron chi connectivity index (χ3n) is 2.80. The summed E-state index contributed by atoms with van der Waals surface area (Å²) in [6, 6.07) is 0.654. The van der Waals surface area contributed by atoms with Crippen LogP contribution in [0.2, 0.25) is 0 Å². The molecule has 1 rings (SSSR count). The third kappa shape index (κ3) is 6.10. The number of hydrogen-bond donors (Lipinski definition) is 2. The monoisotopic (exact) mass is 216 g/mol. The predicted octanol–water partition coefficient (Wildman–Crippen LogP) is 0.0692. The van der Waals surface area contributed by atoms with Crippen LogP contribution in [0.3, 0.4) is 0 Å². The normalized spacial score (nSPS) is 22.2. The zero-order valence-electron chi connectivity index (χ0n) is 9.74. The zero-order chi connectivity index (χ0) is 10.9. The van der Waals surface area contributed by atoms with E-state index in [1.54, 1.807) is 0 Å². The summed E-state index contributed by atoms with van der Waals surface area (Å²) in [5, 5.41) is 12.1. The second kappa shape index (κ2) is 8.05. The second-order valence-electron chi connectivity index (χ2n) is 4.25. The van der Waals surface area contributed by atoms with E-state index in [0.717, 1.165) is 13.1 Å². The van der Waals surface area contributed by atoms with Crippen LogP contribution in [0.4, 0.5) is 0 Å². The first-order valence-corrected chi connectivity index (χ1v) is 5.93. The summed E-state index contributed by atoms with van der Waals surface area (Å²) in [6.45, 7) is 4.49. The van der Waals surface area contributed by atoms with E-state index in [-0.39, 0.29) is 6.61 Å². The molecule has 4 heteroatoms. The molecular weight excluding hydrogens is 192 g/mol. The minimum absolute atomic E-state index is 0.119. The van der Waals surface area contributed by atoms with Gasteiger partial charge in [0.15, 0.2) is 0 Å². The van der Waals surface area contributed by atoms with Crippen LogP contribution in [0.25, 0.3) is 0 Å². The van der Waals surface area contributed by atoms with Gasteiger partial charge in [-0.3, -0.25) is 0 Å². The van der Waals surface area contributed by atoms with Crippen LogP contribution in [0.15, 0.2) is 0 Å². The van der Waals surface area contributed by atoms with Gasteiger partial charge in [-0.2, -0.15) is 0 Å². The van der Waals surface area contributed by atoms with E-state index in [2.05, 4.69) is 17.3 Å². The van der Waals surface area contributed by atoms with Gasteiger partial charge in [0, 0.05) is 19.1 Å². The van der Waals surface area contributed by atoms with Crippen LogP contribution < -0.4 is 5.32 Å². The molecule has 1 fully saturated rings. The smallest absolute Gasteiger partial charge is 0.0698 e. The maximum atomic E-state index is 8.54. The van der Waals surface area contributed by atoms with Gasteiger partial charge in [-0.1, -0.05) is 6.42 Å². The van der Waals surface area contributed by atoms with Gasteiger partial charge in [-0.15, -0.1) is 0 Å². The van der Waals surface area contributed by atoms with Gasteiger partial charge in [0.25, 0.3) is 0 Å². The van der Waals surface area contributed by atoms with Crippen molar-refractivity contribution >= 4 is 0 Å². The summed E-state index contributed by atoms with van der Waals surface area (Å²) in [4.78, 5) is 2.29. The number of hydrogen-bond acceptors (Lipinski definition) is 4. The van der Waals surface area contributed by atoms with Gasteiger partial charge in [0.1, 0.15) is 0 Å². The fourth-order valence-corrected chi connectivity index (χ4v) is 1.93. The Balaban J connectivity index is 1.98. The lowest BCUT2D eigenvalue weighted by Gasteiger charge is -2.28. The Morgan fingerprint density at radius 2 is 2.27 bits per heavy atom. The van der Waals surface area contributed by atoms with Crippen molar-refractivity contribution < 1.29 is 9.84 Å². The Morgan fingerprint density at radius 1 is 1.40 bits per heavy atom. The van der Waals surface area contributed by atoms with Crippen molar-refractivity contribution in [3.63, 3.8) is 0 Å². The molecule has 1 aliphatic heterocycles. The number of piperidine rings is 1. The molecule has 1 saturated heterocycles. The molecule has 1 heterocycles. The molecule has 4 nitrogen and oxygen atoms in total. The topological polar surface area (TPSA) is 44.7 Å². The molecule has 0 aromatic carbocycles. The maximum absolute atomic E-state index is 8.54. The Kier molecular flexibility index (Phi) is 6.92. The van der Waals surface area contributed by atoms with Crippen LogP contribution in [0, 0.1) is 0 Å². The van der Waals surface area contributed by atoms with Crippen LogP contribution in [0.1, 0.15) is 19.3 Å². The van der Waals surface area contributed by atoms with Crippen molar-refractivity contribution in [1.29, 1.82) is 0 Å². The summed E-state index contributed by atoms with van der Waals surface area (Å²) in [5.41, 5.74) is 0. The molecular formula is C11H24N2O2. The van der Waals surface area contributed by atoms with Crippen molar-refractivity contribution in [1.82, 2.24) is 10.2 Å². The van der Waals surface area contributed by atoms with E-state index in [1.165, 1.54) is 25.8 Å². The number of nitrogens with one attached hydrogen (secondary N) is 1. The molecule has 15 heavy (non-hydrogen) atoms. The molecule has 0 amide bonds.